The van der Waals surface area contributed by atoms with E-state index in [4.69, 9.17) is 25.8 Å². The van der Waals surface area contributed by atoms with E-state index in [9.17, 15) is 9.59 Å². The summed E-state index contributed by atoms with van der Waals surface area (Å²) in [5, 5.41) is 3.48. The summed E-state index contributed by atoms with van der Waals surface area (Å²) < 4.78 is 17.6. The summed E-state index contributed by atoms with van der Waals surface area (Å²) in [6.45, 7) is 3.45. The van der Waals surface area contributed by atoms with Gasteiger partial charge in [0.2, 0.25) is 0 Å². The van der Waals surface area contributed by atoms with Gasteiger partial charge < -0.3 is 24.4 Å². The lowest BCUT2D eigenvalue weighted by Gasteiger charge is -2.42. The van der Waals surface area contributed by atoms with Crippen molar-refractivity contribution in [3.05, 3.63) is 59.1 Å². The van der Waals surface area contributed by atoms with Gasteiger partial charge in [-0.25, -0.2) is 0 Å². The number of hydrogen-bond donors (Lipinski definition) is 1. The first-order chi connectivity index (χ1) is 17.0. The lowest BCUT2D eigenvalue weighted by Crippen LogP contribution is -2.47. The van der Waals surface area contributed by atoms with E-state index in [2.05, 4.69) is 5.32 Å². The lowest BCUT2D eigenvalue weighted by atomic mass is 9.75. The van der Waals surface area contributed by atoms with Crippen molar-refractivity contribution in [1.29, 1.82) is 0 Å². The van der Waals surface area contributed by atoms with Gasteiger partial charge in [-0.15, -0.1) is 0 Å². The molecule has 1 fully saturated rings. The van der Waals surface area contributed by atoms with Crippen molar-refractivity contribution < 1.29 is 23.8 Å². The third-order valence-electron chi connectivity index (χ3n) is 6.78. The Morgan fingerprint density at radius 2 is 1.89 bits per heavy atom. The summed E-state index contributed by atoms with van der Waals surface area (Å²) in [4.78, 5) is 27.3. The molecule has 1 spiro atoms. The van der Waals surface area contributed by atoms with Crippen molar-refractivity contribution in [2.24, 2.45) is 5.41 Å². The van der Waals surface area contributed by atoms with E-state index in [1.807, 2.05) is 23.1 Å². The first-order valence-corrected chi connectivity index (χ1v) is 12.7. The zero-order valence-electron chi connectivity index (χ0n) is 20.0. The van der Waals surface area contributed by atoms with Crippen LogP contribution in [0.4, 0.5) is 0 Å². The molecule has 0 unspecified atom stereocenters. The summed E-state index contributed by atoms with van der Waals surface area (Å²) in [6, 6.07) is 14.4. The van der Waals surface area contributed by atoms with E-state index in [-0.39, 0.29) is 23.8 Å². The molecule has 2 heterocycles. The topological polar surface area (TPSA) is 77.1 Å². The molecule has 0 atom stereocenters. The Balaban J connectivity index is 1.38. The number of para-hydroxylation sites is 1. The third-order valence-corrected chi connectivity index (χ3v) is 7.01. The number of nitrogens with one attached hydrogen (secondary N) is 1. The number of halogens is 1. The number of fused-ring (bicyclic) bond motifs is 1. The second-order valence-electron chi connectivity index (χ2n) is 9.24. The Hall–Kier alpha value is -2.77. The summed E-state index contributed by atoms with van der Waals surface area (Å²) in [7, 11) is 0. The minimum atomic E-state index is -0.157. The molecule has 35 heavy (non-hydrogen) atoms. The largest absolute Gasteiger partial charge is 0.492 e. The fourth-order valence-corrected chi connectivity index (χ4v) is 4.82. The van der Waals surface area contributed by atoms with Crippen LogP contribution in [0.15, 0.2) is 48.5 Å². The monoisotopic (exact) mass is 500 g/mol. The number of benzene rings is 2. The molecule has 2 amide bonds. The molecule has 0 radical (unpaired) electrons. The molecule has 8 heteroatoms. The summed E-state index contributed by atoms with van der Waals surface area (Å²) in [6.07, 6.45) is 4.66. The van der Waals surface area contributed by atoms with Crippen molar-refractivity contribution in [2.75, 3.05) is 46.1 Å². The van der Waals surface area contributed by atoms with Gasteiger partial charge in [0.25, 0.3) is 11.8 Å². The normalized spacial score (nSPS) is 19.1. The quantitative estimate of drug-likeness (QED) is 0.678. The molecule has 2 aromatic carbocycles. The summed E-state index contributed by atoms with van der Waals surface area (Å²) in [5.41, 5.74) is 0.476. The van der Waals surface area contributed by atoms with Crippen LogP contribution in [0.25, 0.3) is 0 Å². The number of ether oxygens (including phenoxy) is 3. The van der Waals surface area contributed by atoms with E-state index in [0.29, 0.717) is 61.5 Å². The van der Waals surface area contributed by atoms with Crippen molar-refractivity contribution in [3.8, 4) is 11.5 Å². The van der Waals surface area contributed by atoms with Crippen LogP contribution < -0.4 is 14.8 Å². The fraction of sp³-hybridized carbons (Fsp3) is 0.481. The fourth-order valence-electron chi connectivity index (χ4n) is 4.64. The molecule has 4 rings (SSSR count). The third kappa shape index (κ3) is 7.12. The molecule has 188 valence electrons. The van der Waals surface area contributed by atoms with E-state index in [1.54, 1.807) is 30.3 Å². The van der Waals surface area contributed by atoms with Crippen LogP contribution in [-0.4, -0.2) is 62.8 Å². The van der Waals surface area contributed by atoms with Crippen molar-refractivity contribution in [2.45, 2.75) is 32.1 Å². The van der Waals surface area contributed by atoms with Crippen LogP contribution in [0.5, 0.6) is 11.5 Å². The number of piperidine rings is 1. The number of carbonyl (C=O) groups excluding carboxylic acids is 2. The highest BCUT2D eigenvalue weighted by Crippen LogP contribution is 2.38. The maximum Gasteiger partial charge on any atom is 0.260 e. The first kappa shape index (κ1) is 25.3. The minimum Gasteiger partial charge on any atom is -0.492 e. The van der Waals surface area contributed by atoms with Crippen LogP contribution in [-0.2, 0) is 9.53 Å². The number of amides is 2. The van der Waals surface area contributed by atoms with Crippen molar-refractivity contribution >= 4 is 23.4 Å². The van der Waals surface area contributed by atoms with Gasteiger partial charge in [-0.2, -0.15) is 0 Å². The second-order valence-corrected chi connectivity index (χ2v) is 9.67. The van der Waals surface area contributed by atoms with Crippen LogP contribution >= 0.6 is 11.6 Å². The Kier molecular flexibility index (Phi) is 8.88. The number of hydrogen-bond acceptors (Lipinski definition) is 5. The molecule has 2 aromatic rings. The second kappa shape index (κ2) is 12.3. The van der Waals surface area contributed by atoms with E-state index >= 15 is 0 Å². The Morgan fingerprint density at radius 1 is 1.06 bits per heavy atom. The molecule has 2 aliphatic rings. The predicted molar refractivity (Wildman–Crippen MR) is 134 cm³/mol. The van der Waals surface area contributed by atoms with Gasteiger partial charge in [-0.1, -0.05) is 36.2 Å². The van der Waals surface area contributed by atoms with Gasteiger partial charge in [-0.05, 0) is 56.0 Å². The van der Waals surface area contributed by atoms with Crippen LogP contribution in [0.3, 0.4) is 0 Å². The van der Waals surface area contributed by atoms with E-state index < -0.39 is 0 Å². The van der Waals surface area contributed by atoms with Gasteiger partial charge in [0.1, 0.15) is 11.5 Å². The van der Waals surface area contributed by atoms with Crippen molar-refractivity contribution in [3.63, 3.8) is 0 Å². The lowest BCUT2D eigenvalue weighted by molar-refractivity contribution is -0.136. The number of nitrogens with zero attached hydrogens (tertiary/aromatic N) is 1. The molecule has 0 bridgehead atoms. The van der Waals surface area contributed by atoms with Crippen molar-refractivity contribution in [1.82, 2.24) is 10.2 Å². The number of carbonyl (C=O) groups is 2. The Bertz CT molecular complexity index is 1010. The van der Waals surface area contributed by atoms with Crippen LogP contribution in [0.1, 0.15) is 42.5 Å². The maximum absolute atomic E-state index is 12.8. The highest BCUT2D eigenvalue weighted by molar-refractivity contribution is 6.30. The first-order valence-electron chi connectivity index (χ1n) is 12.3. The smallest absolute Gasteiger partial charge is 0.260 e. The van der Waals surface area contributed by atoms with Gasteiger partial charge in [0.15, 0.2) is 6.61 Å². The van der Waals surface area contributed by atoms with Gasteiger partial charge in [-0.3, -0.25) is 9.59 Å². The SMILES string of the molecule is O=C1NCCOCCCCC2(CCN(C(=O)COc3cccc(Cl)c3)CC2)COc2ccccc21. The molecule has 7 nitrogen and oxygen atoms in total. The average Bonchev–Trinajstić information content (AvgIpc) is 2.88. The molecule has 2 aliphatic heterocycles. The Labute approximate surface area is 211 Å². The minimum absolute atomic E-state index is 0.0103. The zero-order chi connectivity index (χ0) is 24.5. The summed E-state index contributed by atoms with van der Waals surface area (Å²) in [5.74, 6) is 0.993. The summed E-state index contributed by atoms with van der Waals surface area (Å²) >= 11 is 6.00. The molecule has 1 saturated heterocycles. The molecular formula is C27H33ClN2O5. The standard InChI is InChI=1S/C27H33ClN2O5/c28-21-6-5-7-22(18-21)34-19-25(31)30-14-11-27(12-15-30)10-3-4-16-33-17-13-29-26(32)23-8-1-2-9-24(23)35-20-27/h1-2,5-9,18H,3-4,10-17,19-20H2,(H,29,32). The highest BCUT2D eigenvalue weighted by atomic mass is 35.5. The highest BCUT2D eigenvalue weighted by Gasteiger charge is 2.36. The molecule has 1 N–H and O–H groups in total. The predicted octanol–water partition coefficient (Wildman–Crippen LogP) is 4.34. The number of likely N-dealkylation sites (tertiary alicyclic amines) is 1. The molecule has 0 aliphatic carbocycles. The van der Waals surface area contributed by atoms with Crippen LogP contribution in [0.2, 0.25) is 5.02 Å². The van der Waals surface area contributed by atoms with Crippen LogP contribution in [0, 0.1) is 5.41 Å². The van der Waals surface area contributed by atoms with Gasteiger partial charge >= 0.3 is 0 Å². The molecule has 0 aromatic heterocycles. The van der Waals surface area contributed by atoms with E-state index in [1.165, 1.54) is 0 Å². The molecular weight excluding hydrogens is 468 g/mol. The maximum atomic E-state index is 12.8. The Morgan fingerprint density at radius 3 is 2.71 bits per heavy atom. The number of rotatable bonds is 3. The van der Waals surface area contributed by atoms with Gasteiger partial charge in [0.05, 0.1) is 18.8 Å². The van der Waals surface area contributed by atoms with E-state index in [0.717, 1.165) is 32.1 Å². The molecule has 0 saturated carbocycles. The average molecular weight is 501 g/mol. The van der Waals surface area contributed by atoms with Gasteiger partial charge in [0, 0.05) is 36.7 Å². The zero-order valence-corrected chi connectivity index (χ0v) is 20.7.